The van der Waals surface area contributed by atoms with Crippen LogP contribution < -0.4 is 10.1 Å². The maximum atomic E-state index is 11.1. The largest absolute Gasteiger partial charge is 0.497 e. The molecule has 0 saturated heterocycles. The first-order chi connectivity index (χ1) is 11.5. The number of hydrogen-bond donors (Lipinski definition) is 2. The summed E-state index contributed by atoms with van der Waals surface area (Å²) >= 11 is 10.8. The molecule has 0 fully saturated rings. The van der Waals surface area contributed by atoms with Crippen LogP contribution in [-0.2, 0) is 4.79 Å². The molecule has 1 aromatic heterocycles. The Morgan fingerprint density at radius 1 is 1.21 bits per heavy atom. The van der Waals surface area contributed by atoms with Gasteiger partial charge in [-0.05, 0) is 24.3 Å². The van der Waals surface area contributed by atoms with Gasteiger partial charge in [0.15, 0.2) is 0 Å². The molecule has 4 nitrogen and oxygen atoms in total. The van der Waals surface area contributed by atoms with E-state index in [0.717, 1.165) is 15.9 Å². The smallest absolute Gasteiger partial charge is 0.221 e. The standard InChI is InChI=1S/C12H12N2O2S.C6H5Cl/c1-7(15)14-10-6-8(16-2)5-9-11(17)3-4-13-12(9)10;7-6-4-2-1-3-5-6/h3-6H,1-2H3,(H,13,17)(H,14,15);1-5H. The van der Waals surface area contributed by atoms with Gasteiger partial charge in [0.05, 0.1) is 18.3 Å². The molecule has 0 aliphatic rings. The third kappa shape index (κ3) is 4.81. The summed E-state index contributed by atoms with van der Waals surface area (Å²) in [5.41, 5.74) is 1.46. The number of carbonyl (C=O) groups is 1. The number of rotatable bonds is 2. The van der Waals surface area contributed by atoms with E-state index in [2.05, 4.69) is 10.3 Å². The first kappa shape index (κ1) is 18.0. The second-order valence-electron chi connectivity index (χ2n) is 4.92. The van der Waals surface area contributed by atoms with Crippen molar-refractivity contribution in [3.8, 4) is 5.75 Å². The van der Waals surface area contributed by atoms with Crippen molar-refractivity contribution in [3.05, 3.63) is 64.3 Å². The molecule has 2 N–H and O–H groups in total. The monoisotopic (exact) mass is 360 g/mol. The van der Waals surface area contributed by atoms with Crippen molar-refractivity contribution >= 4 is 46.3 Å². The molecule has 124 valence electrons. The lowest BCUT2D eigenvalue weighted by atomic mass is 10.1. The van der Waals surface area contributed by atoms with Crippen molar-refractivity contribution in [2.75, 3.05) is 12.4 Å². The van der Waals surface area contributed by atoms with Crippen LogP contribution in [0.3, 0.4) is 0 Å². The van der Waals surface area contributed by atoms with Crippen molar-refractivity contribution in [3.63, 3.8) is 0 Å². The molecule has 1 amide bonds. The van der Waals surface area contributed by atoms with Crippen LogP contribution in [0.25, 0.3) is 10.9 Å². The molecule has 3 aromatic rings. The molecule has 0 bridgehead atoms. The molecule has 0 aliphatic carbocycles. The quantitative estimate of drug-likeness (QED) is 0.617. The van der Waals surface area contributed by atoms with Crippen molar-refractivity contribution < 1.29 is 9.53 Å². The van der Waals surface area contributed by atoms with E-state index in [0.29, 0.717) is 15.9 Å². The fraction of sp³-hybridized carbons (Fsp3) is 0.111. The number of carbonyl (C=O) groups excluding carboxylic acids is 1. The second-order valence-corrected chi connectivity index (χ2v) is 5.79. The highest BCUT2D eigenvalue weighted by Gasteiger charge is 2.07. The summed E-state index contributed by atoms with van der Waals surface area (Å²) < 4.78 is 5.90. The number of aromatic amines is 1. The van der Waals surface area contributed by atoms with E-state index < -0.39 is 0 Å². The maximum absolute atomic E-state index is 11.1. The van der Waals surface area contributed by atoms with E-state index in [-0.39, 0.29) is 5.91 Å². The molecular formula is C18H17ClN2O2S. The Morgan fingerprint density at radius 3 is 2.46 bits per heavy atom. The predicted octanol–water partition coefficient (Wildman–Crippen LogP) is 5.20. The van der Waals surface area contributed by atoms with Gasteiger partial charge in [-0.3, -0.25) is 4.79 Å². The van der Waals surface area contributed by atoms with Crippen LogP contribution in [0.4, 0.5) is 5.69 Å². The summed E-state index contributed by atoms with van der Waals surface area (Å²) in [6.07, 6.45) is 1.75. The Hall–Kier alpha value is -2.37. The van der Waals surface area contributed by atoms with Crippen LogP contribution in [-0.4, -0.2) is 18.0 Å². The zero-order chi connectivity index (χ0) is 17.5. The van der Waals surface area contributed by atoms with Gasteiger partial charge in [-0.1, -0.05) is 42.0 Å². The minimum absolute atomic E-state index is 0.136. The zero-order valence-electron chi connectivity index (χ0n) is 13.3. The third-order valence-electron chi connectivity index (χ3n) is 3.12. The fourth-order valence-corrected chi connectivity index (χ4v) is 2.45. The average molecular weight is 361 g/mol. The van der Waals surface area contributed by atoms with Crippen molar-refractivity contribution in [1.82, 2.24) is 4.98 Å². The van der Waals surface area contributed by atoms with E-state index in [1.54, 1.807) is 25.4 Å². The lowest BCUT2D eigenvalue weighted by molar-refractivity contribution is -0.114. The van der Waals surface area contributed by atoms with Crippen LogP contribution in [0.1, 0.15) is 6.92 Å². The minimum Gasteiger partial charge on any atom is -0.497 e. The van der Waals surface area contributed by atoms with Gasteiger partial charge in [0.2, 0.25) is 5.91 Å². The first-order valence-corrected chi connectivity index (χ1v) is 7.97. The van der Waals surface area contributed by atoms with Crippen LogP contribution in [0, 0.1) is 4.51 Å². The molecule has 0 unspecified atom stereocenters. The number of ether oxygens (including phenoxy) is 1. The van der Waals surface area contributed by atoms with Gasteiger partial charge in [0, 0.05) is 34.1 Å². The number of anilines is 1. The Bertz CT molecular complexity index is 894. The van der Waals surface area contributed by atoms with Crippen molar-refractivity contribution in [2.24, 2.45) is 0 Å². The lowest BCUT2D eigenvalue weighted by Gasteiger charge is -2.09. The molecule has 0 spiro atoms. The van der Waals surface area contributed by atoms with Crippen molar-refractivity contribution in [1.29, 1.82) is 0 Å². The van der Waals surface area contributed by atoms with Gasteiger partial charge < -0.3 is 15.0 Å². The summed E-state index contributed by atoms with van der Waals surface area (Å²) in [6.45, 7) is 1.46. The Balaban J connectivity index is 0.000000249. The molecule has 2 aromatic carbocycles. The number of methoxy groups -OCH3 is 1. The molecule has 3 rings (SSSR count). The highest BCUT2D eigenvalue weighted by atomic mass is 35.5. The van der Waals surface area contributed by atoms with Crippen LogP contribution >= 0.6 is 23.8 Å². The van der Waals surface area contributed by atoms with Crippen LogP contribution in [0.5, 0.6) is 5.75 Å². The number of aromatic nitrogens is 1. The normalized spacial score (nSPS) is 9.79. The molecule has 24 heavy (non-hydrogen) atoms. The lowest BCUT2D eigenvalue weighted by Crippen LogP contribution is -2.07. The molecule has 0 aliphatic heterocycles. The third-order valence-corrected chi connectivity index (χ3v) is 3.73. The molecule has 0 radical (unpaired) electrons. The van der Waals surface area contributed by atoms with Crippen LogP contribution in [0.2, 0.25) is 5.02 Å². The predicted molar refractivity (Wildman–Crippen MR) is 101 cm³/mol. The summed E-state index contributed by atoms with van der Waals surface area (Å²) in [5, 5.41) is 4.40. The highest BCUT2D eigenvalue weighted by molar-refractivity contribution is 7.71. The van der Waals surface area contributed by atoms with E-state index in [1.165, 1.54) is 6.92 Å². The molecule has 0 atom stereocenters. The number of halogens is 1. The average Bonchev–Trinajstić information content (AvgIpc) is 2.56. The highest BCUT2D eigenvalue weighted by Crippen LogP contribution is 2.28. The maximum Gasteiger partial charge on any atom is 0.221 e. The number of nitrogens with one attached hydrogen (secondary N) is 2. The Morgan fingerprint density at radius 2 is 1.92 bits per heavy atom. The summed E-state index contributed by atoms with van der Waals surface area (Å²) in [4.78, 5) is 14.2. The van der Waals surface area contributed by atoms with Crippen molar-refractivity contribution in [2.45, 2.75) is 6.92 Å². The number of H-pyrrole nitrogens is 1. The van der Waals surface area contributed by atoms with Gasteiger partial charge in [0.25, 0.3) is 0 Å². The number of hydrogen-bond acceptors (Lipinski definition) is 3. The van der Waals surface area contributed by atoms with E-state index in [4.69, 9.17) is 28.6 Å². The van der Waals surface area contributed by atoms with Gasteiger partial charge in [0.1, 0.15) is 5.75 Å². The Kier molecular flexibility index (Phi) is 6.35. The zero-order valence-corrected chi connectivity index (χ0v) is 14.9. The summed E-state index contributed by atoms with van der Waals surface area (Å²) in [5.74, 6) is 0.523. The summed E-state index contributed by atoms with van der Waals surface area (Å²) in [7, 11) is 1.58. The van der Waals surface area contributed by atoms with Gasteiger partial charge in [-0.25, -0.2) is 0 Å². The SMILES string of the molecule is COc1cc(NC(C)=O)c2[nH]ccc(=S)c2c1.Clc1ccccc1. The number of amides is 1. The van der Waals surface area contributed by atoms with Gasteiger partial charge >= 0.3 is 0 Å². The summed E-state index contributed by atoms with van der Waals surface area (Å²) in [6, 6.07) is 14.9. The van der Waals surface area contributed by atoms with Gasteiger partial charge in [-0.2, -0.15) is 0 Å². The molecule has 1 heterocycles. The second kappa shape index (κ2) is 8.47. The van der Waals surface area contributed by atoms with Gasteiger partial charge in [-0.15, -0.1) is 0 Å². The first-order valence-electron chi connectivity index (χ1n) is 7.19. The fourth-order valence-electron chi connectivity index (χ4n) is 2.08. The molecular weight excluding hydrogens is 344 g/mol. The molecule has 6 heteroatoms. The number of pyridine rings is 1. The van der Waals surface area contributed by atoms with E-state index >= 15 is 0 Å². The molecule has 0 saturated carbocycles. The minimum atomic E-state index is -0.136. The van der Waals surface area contributed by atoms with Crippen LogP contribution in [0.15, 0.2) is 54.7 Å². The Labute approximate surface area is 150 Å². The number of fused-ring (bicyclic) bond motifs is 1. The van der Waals surface area contributed by atoms with E-state index in [9.17, 15) is 4.79 Å². The van der Waals surface area contributed by atoms with E-state index in [1.807, 2.05) is 36.4 Å². The number of benzene rings is 2. The topological polar surface area (TPSA) is 54.1 Å².